The lowest BCUT2D eigenvalue weighted by atomic mass is 9.96. The normalized spacial score (nSPS) is 28.8. The van der Waals surface area contributed by atoms with Crippen LogP contribution < -0.4 is 10.6 Å². The van der Waals surface area contributed by atoms with Crippen LogP contribution in [0.1, 0.15) is 18.4 Å². The molecular formula is C12H15ClN2. The first-order chi connectivity index (χ1) is 7.27. The van der Waals surface area contributed by atoms with E-state index < -0.39 is 0 Å². The minimum atomic E-state index is 0.308. The Morgan fingerprint density at radius 3 is 3.13 bits per heavy atom. The second-order valence-corrected chi connectivity index (χ2v) is 4.93. The van der Waals surface area contributed by atoms with E-state index in [1.807, 2.05) is 12.1 Å². The quantitative estimate of drug-likeness (QED) is 0.729. The second kappa shape index (κ2) is 3.39. The number of halogens is 1. The lowest BCUT2D eigenvalue weighted by Crippen LogP contribution is -2.50. The van der Waals surface area contributed by atoms with Gasteiger partial charge < -0.3 is 10.6 Å². The summed E-state index contributed by atoms with van der Waals surface area (Å²) in [7, 11) is 0. The zero-order valence-electron chi connectivity index (χ0n) is 8.62. The number of para-hydroxylation sites is 1. The summed E-state index contributed by atoms with van der Waals surface area (Å²) in [6.45, 7) is 1.11. The maximum absolute atomic E-state index is 6.25. The third kappa shape index (κ3) is 1.35. The van der Waals surface area contributed by atoms with Crippen LogP contribution in [-0.4, -0.2) is 18.6 Å². The topological polar surface area (TPSA) is 29.3 Å². The SMILES string of the molecule is NC1CCCN2c3c(Cl)cccc3CC12. The molecule has 0 amide bonds. The fraction of sp³-hybridized carbons (Fsp3) is 0.500. The lowest BCUT2D eigenvalue weighted by Gasteiger charge is -2.36. The number of hydrogen-bond donors (Lipinski definition) is 1. The first-order valence-corrected chi connectivity index (χ1v) is 5.95. The molecule has 2 unspecified atom stereocenters. The van der Waals surface area contributed by atoms with Gasteiger partial charge >= 0.3 is 0 Å². The molecule has 2 aliphatic rings. The lowest BCUT2D eigenvalue weighted by molar-refractivity contribution is 0.415. The van der Waals surface area contributed by atoms with E-state index in [1.54, 1.807) is 0 Å². The van der Waals surface area contributed by atoms with Gasteiger partial charge in [-0.15, -0.1) is 0 Å². The van der Waals surface area contributed by atoms with Gasteiger partial charge in [0.15, 0.2) is 0 Å². The van der Waals surface area contributed by atoms with Crippen molar-refractivity contribution in [1.82, 2.24) is 0 Å². The van der Waals surface area contributed by atoms with Gasteiger partial charge in [0.05, 0.1) is 10.7 Å². The molecule has 2 N–H and O–H groups in total. The van der Waals surface area contributed by atoms with Gasteiger partial charge in [0, 0.05) is 18.6 Å². The Hall–Kier alpha value is -0.730. The minimum Gasteiger partial charge on any atom is -0.365 e. The Morgan fingerprint density at radius 2 is 2.27 bits per heavy atom. The maximum atomic E-state index is 6.25. The Labute approximate surface area is 95.0 Å². The van der Waals surface area contributed by atoms with E-state index in [2.05, 4.69) is 11.0 Å². The molecule has 3 heteroatoms. The fourth-order valence-electron chi connectivity index (χ4n) is 2.90. The van der Waals surface area contributed by atoms with E-state index in [1.165, 1.54) is 17.7 Å². The zero-order valence-corrected chi connectivity index (χ0v) is 9.37. The van der Waals surface area contributed by atoms with Crippen molar-refractivity contribution in [2.24, 2.45) is 5.73 Å². The summed E-state index contributed by atoms with van der Waals surface area (Å²) in [5, 5.41) is 0.879. The Balaban J connectivity index is 2.05. The van der Waals surface area contributed by atoms with E-state index in [4.69, 9.17) is 17.3 Å². The molecule has 2 heterocycles. The number of piperidine rings is 1. The third-order valence-corrected chi connectivity index (χ3v) is 3.92. The van der Waals surface area contributed by atoms with E-state index in [0.29, 0.717) is 12.1 Å². The molecule has 0 aliphatic carbocycles. The highest BCUT2D eigenvalue weighted by molar-refractivity contribution is 6.33. The van der Waals surface area contributed by atoms with E-state index in [9.17, 15) is 0 Å². The predicted molar refractivity (Wildman–Crippen MR) is 63.5 cm³/mol. The minimum absolute atomic E-state index is 0.308. The first-order valence-electron chi connectivity index (χ1n) is 5.57. The summed E-state index contributed by atoms with van der Waals surface area (Å²) in [5.41, 5.74) is 8.77. The fourth-order valence-corrected chi connectivity index (χ4v) is 3.20. The van der Waals surface area contributed by atoms with Gasteiger partial charge in [-0.25, -0.2) is 0 Å². The monoisotopic (exact) mass is 222 g/mol. The third-order valence-electron chi connectivity index (χ3n) is 3.62. The van der Waals surface area contributed by atoms with Crippen molar-refractivity contribution in [3.8, 4) is 0 Å². The average molecular weight is 223 g/mol. The van der Waals surface area contributed by atoms with Gasteiger partial charge in [-0.1, -0.05) is 23.7 Å². The molecule has 3 rings (SSSR count). The van der Waals surface area contributed by atoms with Gasteiger partial charge in [-0.05, 0) is 30.9 Å². The maximum Gasteiger partial charge on any atom is 0.0642 e. The van der Waals surface area contributed by atoms with Crippen molar-refractivity contribution in [2.45, 2.75) is 31.3 Å². The van der Waals surface area contributed by atoms with Crippen LogP contribution in [0.2, 0.25) is 5.02 Å². The van der Waals surface area contributed by atoms with Crippen LogP contribution in [0.25, 0.3) is 0 Å². The van der Waals surface area contributed by atoms with Crippen molar-refractivity contribution in [2.75, 3.05) is 11.4 Å². The van der Waals surface area contributed by atoms with Crippen molar-refractivity contribution >= 4 is 17.3 Å². The van der Waals surface area contributed by atoms with Crippen LogP contribution in [0.3, 0.4) is 0 Å². The van der Waals surface area contributed by atoms with E-state index in [-0.39, 0.29) is 0 Å². The molecule has 1 aromatic rings. The Morgan fingerprint density at radius 1 is 1.40 bits per heavy atom. The molecule has 0 aromatic heterocycles. The Bertz CT molecular complexity index is 391. The van der Waals surface area contributed by atoms with Crippen LogP contribution in [0, 0.1) is 0 Å². The Kier molecular flexibility index (Phi) is 2.15. The summed E-state index contributed by atoms with van der Waals surface area (Å²) in [6, 6.07) is 6.97. The van der Waals surface area contributed by atoms with Gasteiger partial charge in [0.1, 0.15) is 0 Å². The van der Waals surface area contributed by atoms with Crippen molar-refractivity contribution in [1.29, 1.82) is 0 Å². The molecule has 2 aliphatic heterocycles. The highest BCUT2D eigenvalue weighted by Crippen LogP contribution is 2.40. The highest BCUT2D eigenvalue weighted by atomic mass is 35.5. The van der Waals surface area contributed by atoms with Gasteiger partial charge in [-0.3, -0.25) is 0 Å². The number of rotatable bonds is 0. The molecule has 1 saturated heterocycles. The predicted octanol–water partition coefficient (Wildman–Crippen LogP) is 2.19. The molecular weight excluding hydrogens is 208 g/mol. The molecule has 2 nitrogen and oxygen atoms in total. The number of anilines is 1. The highest BCUT2D eigenvalue weighted by Gasteiger charge is 2.36. The molecule has 1 aromatic carbocycles. The number of nitrogens with two attached hydrogens (primary N) is 1. The van der Waals surface area contributed by atoms with Gasteiger partial charge in [0.2, 0.25) is 0 Å². The van der Waals surface area contributed by atoms with Crippen LogP contribution in [0.15, 0.2) is 18.2 Å². The largest absolute Gasteiger partial charge is 0.365 e. The van der Waals surface area contributed by atoms with Gasteiger partial charge in [0.25, 0.3) is 0 Å². The number of hydrogen-bond acceptors (Lipinski definition) is 2. The molecule has 0 radical (unpaired) electrons. The summed E-state index contributed by atoms with van der Waals surface area (Å²) in [4.78, 5) is 2.41. The summed E-state index contributed by atoms with van der Waals surface area (Å²) in [5.74, 6) is 0. The van der Waals surface area contributed by atoms with Crippen molar-refractivity contribution in [3.05, 3.63) is 28.8 Å². The van der Waals surface area contributed by atoms with E-state index >= 15 is 0 Å². The van der Waals surface area contributed by atoms with Crippen LogP contribution in [0.4, 0.5) is 5.69 Å². The zero-order chi connectivity index (χ0) is 10.4. The molecule has 0 spiro atoms. The number of benzene rings is 1. The molecule has 0 bridgehead atoms. The molecule has 2 atom stereocenters. The molecule has 1 fully saturated rings. The standard InChI is InChI=1S/C12H15ClN2/c13-9-4-1-3-8-7-11-10(14)5-2-6-15(11)12(8)9/h1,3-4,10-11H,2,5-7,14H2. The first kappa shape index (κ1) is 9.49. The summed E-state index contributed by atoms with van der Waals surface area (Å²) >= 11 is 6.25. The van der Waals surface area contributed by atoms with Crippen LogP contribution in [-0.2, 0) is 6.42 Å². The molecule has 80 valence electrons. The van der Waals surface area contributed by atoms with Gasteiger partial charge in [-0.2, -0.15) is 0 Å². The second-order valence-electron chi connectivity index (χ2n) is 4.52. The molecule has 0 saturated carbocycles. The van der Waals surface area contributed by atoms with Crippen molar-refractivity contribution in [3.63, 3.8) is 0 Å². The summed E-state index contributed by atoms with van der Waals surface area (Å²) in [6.07, 6.45) is 3.40. The van der Waals surface area contributed by atoms with E-state index in [0.717, 1.165) is 24.4 Å². The molecule has 15 heavy (non-hydrogen) atoms. The smallest absolute Gasteiger partial charge is 0.0642 e. The average Bonchev–Trinajstić information content (AvgIpc) is 2.59. The summed E-state index contributed by atoms with van der Waals surface area (Å²) < 4.78 is 0. The number of fused-ring (bicyclic) bond motifs is 3. The van der Waals surface area contributed by atoms with Crippen LogP contribution >= 0.6 is 11.6 Å². The number of nitrogens with zero attached hydrogens (tertiary/aromatic N) is 1. The van der Waals surface area contributed by atoms with Crippen molar-refractivity contribution < 1.29 is 0 Å². The van der Waals surface area contributed by atoms with Crippen LogP contribution in [0.5, 0.6) is 0 Å².